The van der Waals surface area contributed by atoms with Gasteiger partial charge in [-0.25, -0.2) is 19.6 Å². The van der Waals surface area contributed by atoms with Crippen LogP contribution in [0.25, 0.3) is 84.4 Å². The number of aromatic hydroxyl groups is 2. The Labute approximate surface area is 278 Å². The molecule has 0 atom stereocenters. The highest BCUT2D eigenvalue weighted by Crippen LogP contribution is 2.41. The fraction of sp³-hybridized carbons (Fsp3) is 0. The summed E-state index contributed by atoms with van der Waals surface area (Å²) in [4.78, 5) is 34.8. The van der Waals surface area contributed by atoms with Crippen molar-refractivity contribution in [1.29, 1.82) is 0 Å². The molecule has 0 bridgehead atoms. The Morgan fingerprint density at radius 2 is 1.04 bits per heavy atom. The first-order valence-corrected chi connectivity index (χ1v) is 16.4. The Hall–Kier alpha value is -6.10. The summed E-state index contributed by atoms with van der Waals surface area (Å²) in [5, 5.41) is 47.9. The van der Waals surface area contributed by atoms with Crippen LogP contribution in [0.1, 0.15) is 20.7 Å². The van der Waals surface area contributed by atoms with Crippen molar-refractivity contribution in [3.05, 3.63) is 108 Å². The van der Waals surface area contributed by atoms with E-state index < -0.39 is 11.9 Å². The van der Waals surface area contributed by atoms with Crippen LogP contribution in [-0.4, -0.2) is 42.3 Å². The van der Waals surface area contributed by atoms with Crippen LogP contribution in [0.2, 0.25) is 0 Å². The van der Waals surface area contributed by atoms with E-state index in [1.54, 1.807) is 41.1 Å². The third-order valence-electron chi connectivity index (χ3n) is 8.70. The molecule has 230 valence electrons. The molecular weight excluding hydrogens is 645 g/mol. The number of carbonyl (C=O) groups is 2. The molecule has 10 heteroatoms. The number of hydrogen-bond donors (Lipinski definition) is 4. The monoisotopic (exact) mass is 664 g/mol. The minimum Gasteiger partial charge on any atom is -0.508 e. The number of nitrogens with zero attached hydrogens (tertiary/aromatic N) is 2. The van der Waals surface area contributed by atoms with E-state index in [0.29, 0.717) is 16.2 Å². The number of phenolic OH excluding ortho intramolecular Hbond substituents is 2. The zero-order valence-electron chi connectivity index (χ0n) is 24.6. The molecule has 0 aliphatic carbocycles. The zero-order valence-corrected chi connectivity index (χ0v) is 26.2. The zero-order chi connectivity index (χ0) is 32.8. The van der Waals surface area contributed by atoms with Gasteiger partial charge in [0.15, 0.2) is 0 Å². The highest BCUT2D eigenvalue weighted by Gasteiger charge is 2.17. The number of aromatic carboxylic acids is 2. The Morgan fingerprint density at radius 3 is 1.62 bits per heavy atom. The van der Waals surface area contributed by atoms with Crippen molar-refractivity contribution < 1.29 is 30.0 Å². The molecule has 0 aliphatic heterocycles. The third kappa shape index (κ3) is 4.49. The number of carboxylic acids is 2. The van der Waals surface area contributed by atoms with Crippen molar-refractivity contribution in [2.45, 2.75) is 0 Å². The quantitative estimate of drug-likeness (QED) is 0.136. The Kier molecular flexibility index (Phi) is 5.98. The van der Waals surface area contributed by atoms with Gasteiger partial charge in [0.05, 0.1) is 32.3 Å². The summed E-state index contributed by atoms with van der Waals surface area (Å²) in [6.45, 7) is 0. The molecule has 0 unspecified atom stereocenters. The number of rotatable bonds is 4. The van der Waals surface area contributed by atoms with E-state index in [1.165, 1.54) is 18.2 Å². The molecule has 3 aromatic heterocycles. The summed E-state index contributed by atoms with van der Waals surface area (Å²) in [5.74, 6) is -2.30. The molecule has 0 fully saturated rings. The maximum absolute atomic E-state index is 12.0. The van der Waals surface area contributed by atoms with Crippen LogP contribution >= 0.6 is 22.7 Å². The van der Waals surface area contributed by atoms with E-state index in [-0.39, 0.29) is 22.6 Å². The lowest BCUT2D eigenvalue weighted by Gasteiger charge is -2.08. The van der Waals surface area contributed by atoms with Crippen LogP contribution in [-0.2, 0) is 0 Å². The summed E-state index contributed by atoms with van der Waals surface area (Å²) in [7, 11) is 0. The summed E-state index contributed by atoms with van der Waals surface area (Å²) >= 11 is 3.22. The standard InChI is InChI=1S/C38H20N2O6S2/c41-26-6-22-2-20-11-34-24(4-18(20)8-28(22)32(42)14-26)13-36(48-34)31-15-30(39-16-40-31)35-12-23-3-17-7-27-21(1-19(17)10-33(23)47-35)5-25(37(43)44)9-29(27)38(45)46/h1-16,41-42H,(H,43,44)(H,45,46). The minimum absolute atomic E-state index is 0.0179. The average molecular weight is 665 g/mol. The molecule has 0 saturated carbocycles. The van der Waals surface area contributed by atoms with Gasteiger partial charge in [0.25, 0.3) is 0 Å². The number of thiophene rings is 2. The van der Waals surface area contributed by atoms with Crippen molar-refractivity contribution in [2.24, 2.45) is 0 Å². The van der Waals surface area contributed by atoms with Gasteiger partial charge in [-0.15, -0.1) is 22.7 Å². The molecular formula is C38H20N2O6S2. The summed E-state index contributed by atoms with van der Waals surface area (Å²) < 4.78 is 2.11. The fourth-order valence-corrected chi connectivity index (χ4v) is 8.56. The lowest BCUT2D eigenvalue weighted by Crippen LogP contribution is -2.03. The van der Waals surface area contributed by atoms with Crippen LogP contribution in [0.5, 0.6) is 11.5 Å². The lowest BCUT2D eigenvalue weighted by molar-refractivity contribution is 0.0696. The van der Waals surface area contributed by atoms with Crippen LogP contribution in [0.15, 0.2) is 97.3 Å². The molecule has 0 spiro atoms. The number of phenols is 2. The number of aromatic nitrogens is 2. The smallest absolute Gasteiger partial charge is 0.336 e. The van der Waals surface area contributed by atoms with Gasteiger partial charge in [0.2, 0.25) is 0 Å². The first-order chi connectivity index (χ1) is 23.2. The van der Waals surface area contributed by atoms with E-state index in [9.17, 15) is 30.0 Å². The minimum atomic E-state index is -1.18. The second-order valence-electron chi connectivity index (χ2n) is 11.7. The van der Waals surface area contributed by atoms with Crippen LogP contribution < -0.4 is 0 Å². The number of carboxylic acid groups (broad SMARTS) is 2. The molecule has 8 nitrogen and oxygen atoms in total. The molecule has 0 saturated heterocycles. The summed E-state index contributed by atoms with van der Waals surface area (Å²) in [6, 6.07) is 27.7. The maximum Gasteiger partial charge on any atom is 0.336 e. The van der Waals surface area contributed by atoms with Gasteiger partial charge in [-0.1, -0.05) is 0 Å². The average Bonchev–Trinajstić information content (AvgIpc) is 3.67. The molecule has 48 heavy (non-hydrogen) atoms. The first-order valence-electron chi connectivity index (χ1n) is 14.7. The lowest BCUT2D eigenvalue weighted by atomic mass is 9.96. The van der Waals surface area contributed by atoms with E-state index in [0.717, 1.165) is 68.2 Å². The predicted molar refractivity (Wildman–Crippen MR) is 191 cm³/mol. The molecule has 0 amide bonds. The second kappa shape index (κ2) is 10.2. The Morgan fingerprint density at radius 1 is 0.500 bits per heavy atom. The van der Waals surface area contributed by atoms with Gasteiger partial charge < -0.3 is 20.4 Å². The van der Waals surface area contributed by atoms with Gasteiger partial charge in [-0.3, -0.25) is 0 Å². The number of benzene rings is 6. The molecule has 4 N–H and O–H groups in total. The van der Waals surface area contributed by atoms with Gasteiger partial charge in [0.1, 0.15) is 17.8 Å². The Balaban J connectivity index is 1.12. The van der Waals surface area contributed by atoms with E-state index in [2.05, 4.69) is 34.2 Å². The SMILES string of the molecule is O=C(O)c1cc(C(=O)O)c2cc3cc4cc(-c5cc(-c6cc7cc8cc9c(O)cc(O)cc9cc8cc7s6)ncn5)sc4cc3cc2c1. The topological polar surface area (TPSA) is 141 Å². The highest BCUT2D eigenvalue weighted by atomic mass is 32.1. The van der Waals surface area contributed by atoms with Crippen molar-refractivity contribution >= 4 is 97.9 Å². The normalized spacial score (nSPS) is 11.8. The molecule has 9 aromatic rings. The maximum atomic E-state index is 12.0. The van der Waals surface area contributed by atoms with E-state index >= 15 is 0 Å². The summed E-state index contributed by atoms with van der Waals surface area (Å²) in [5.41, 5.74) is 1.45. The van der Waals surface area contributed by atoms with E-state index in [4.69, 9.17) is 0 Å². The fourth-order valence-electron chi connectivity index (χ4n) is 6.44. The number of fused-ring (bicyclic) bond motifs is 6. The predicted octanol–water partition coefficient (Wildman–Crippen LogP) is 9.66. The third-order valence-corrected chi connectivity index (χ3v) is 10.9. The van der Waals surface area contributed by atoms with Gasteiger partial charge in [-0.05, 0) is 133 Å². The second-order valence-corrected chi connectivity index (χ2v) is 13.9. The van der Waals surface area contributed by atoms with Crippen molar-refractivity contribution in [2.75, 3.05) is 0 Å². The Bertz CT molecular complexity index is 2890. The van der Waals surface area contributed by atoms with Gasteiger partial charge in [-0.2, -0.15) is 0 Å². The first kappa shape index (κ1) is 28.1. The van der Waals surface area contributed by atoms with Gasteiger partial charge >= 0.3 is 11.9 Å². The van der Waals surface area contributed by atoms with Crippen molar-refractivity contribution in [1.82, 2.24) is 9.97 Å². The van der Waals surface area contributed by atoms with Crippen LogP contribution in [0.4, 0.5) is 0 Å². The van der Waals surface area contributed by atoms with Crippen LogP contribution in [0, 0.1) is 0 Å². The van der Waals surface area contributed by atoms with E-state index in [1.807, 2.05) is 36.4 Å². The largest absolute Gasteiger partial charge is 0.508 e. The molecule has 0 radical (unpaired) electrons. The van der Waals surface area contributed by atoms with Gasteiger partial charge in [0, 0.05) is 20.9 Å². The molecule has 0 aliphatic rings. The number of hydrogen-bond acceptors (Lipinski definition) is 8. The van der Waals surface area contributed by atoms with Crippen molar-refractivity contribution in [3.63, 3.8) is 0 Å². The summed E-state index contributed by atoms with van der Waals surface area (Å²) in [6.07, 6.45) is 1.56. The molecule has 6 aromatic carbocycles. The van der Waals surface area contributed by atoms with Crippen molar-refractivity contribution in [3.8, 4) is 32.6 Å². The van der Waals surface area contributed by atoms with Crippen LogP contribution in [0.3, 0.4) is 0 Å². The highest BCUT2D eigenvalue weighted by molar-refractivity contribution is 7.22. The molecule has 9 rings (SSSR count). The molecule has 3 heterocycles.